The van der Waals surface area contributed by atoms with Gasteiger partial charge in [0.25, 0.3) is 11.8 Å². The lowest BCUT2D eigenvalue weighted by molar-refractivity contribution is -0.118. The summed E-state index contributed by atoms with van der Waals surface area (Å²) < 4.78 is 6.94. The zero-order valence-corrected chi connectivity index (χ0v) is 14.9. The fraction of sp³-hybridized carbons (Fsp3) is 0.150. The molecular formula is C20H18N4O3. The number of nitrogens with one attached hydrogen (secondary N) is 2. The van der Waals surface area contributed by atoms with Crippen LogP contribution in [0.15, 0.2) is 48.5 Å². The molecule has 7 heteroatoms. The van der Waals surface area contributed by atoms with E-state index in [9.17, 15) is 9.59 Å². The number of fused-ring (bicyclic) bond motifs is 1. The molecule has 0 saturated heterocycles. The SMILES string of the molecule is Cc1ccccc1-c1cc(NC(=O)c2ccc3c(c2)NC(=O)CO3)n(C)n1. The number of aryl methyl sites for hydroxylation is 2. The summed E-state index contributed by atoms with van der Waals surface area (Å²) in [7, 11) is 1.78. The maximum absolute atomic E-state index is 12.6. The van der Waals surface area contributed by atoms with Gasteiger partial charge < -0.3 is 15.4 Å². The van der Waals surface area contributed by atoms with Gasteiger partial charge in [-0.1, -0.05) is 24.3 Å². The van der Waals surface area contributed by atoms with E-state index in [0.29, 0.717) is 22.8 Å². The van der Waals surface area contributed by atoms with E-state index in [1.807, 2.05) is 37.3 Å². The number of carbonyl (C=O) groups is 2. The Morgan fingerprint density at radius 2 is 2.04 bits per heavy atom. The molecule has 7 nitrogen and oxygen atoms in total. The van der Waals surface area contributed by atoms with Crippen molar-refractivity contribution in [2.24, 2.45) is 7.05 Å². The predicted molar refractivity (Wildman–Crippen MR) is 102 cm³/mol. The van der Waals surface area contributed by atoms with E-state index >= 15 is 0 Å². The van der Waals surface area contributed by atoms with Gasteiger partial charge in [0.05, 0.1) is 11.4 Å². The zero-order valence-electron chi connectivity index (χ0n) is 14.9. The maximum Gasteiger partial charge on any atom is 0.262 e. The molecule has 1 aliphatic heterocycles. The molecule has 2 N–H and O–H groups in total. The van der Waals surface area contributed by atoms with Crippen molar-refractivity contribution in [3.05, 3.63) is 59.7 Å². The number of aromatic nitrogens is 2. The van der Waals surface area contributed by atoms with Crippen LogP contribution in [0.4, 0.5) is 11.5 Å². The largest absolute Gasteiger partial charge is 0.482 e. The van der Waals surface area contributed by atoms with Crippen LogP contribution in [0.5, 0.6) is 5.75 Å². The first-order valence-electron chi connectivity index (χ1n) is 8.49. The van der Waals surface area contributed by atoms with Crippen LogP contribution < -0.4 is 15.4 Å². The minimum absolute atomic E-state index is 0.0186. The quantitative estimate of drug-likeness (QED) is 0.750. The highest BCUT2D eigenvalue weighted by Gasteiger charge is 2.19. The molecule has 2 heterocycles. The number of benzene rings is 2. The highest BCUT2D eigenvalue weighted by molar-refractivity contribution is 6.06. The van der Waals surface area contributed by atoms with Crippen LogP contribution in [0.25, 0.3) is 11.3 Å². The average Bonchev–Trinajstić information content (AvgIpc) is 3.01. The lowest BCUT2D eigenvalue weighted by atomic mass is 10.1. The summed E-state index contributed by atoms with van der Waals surface area (Å²) in [5.41, 5.74) is 3.82. The molecule has 1 aliphatic rings. The van der Waals surface area contributed by atoms with Gasteiger partial charge in [0.2, 0.25) is 0 Å². The second kappa shape index (κ2) is 6.60. The Morgan fingerprint density at radius 3 is 2.85 bits per heavy atom. The van der Waals surface area contributed by atoms with Gasteiger partial charge >= 0.3 is 0 Å². The molecular weight excluding hydrogens is 344 g/mol. The summed E-state index contributed by atoms with van der Waals surface area (Å²) in [4.78, 5) is 24.1. The number of carbonyl (C=O) groups excluding carboxylic acids is 2. The van der Waals surface area contributed by atoms with Crippen LogP contribution >= 0.6 is 0 Å². The molecule has 0 saturated carbocycles. The van der Waals surface area contributed by atoms with Crippen molar-refractivity contribution in [1.29, 1.82) is 0 Å². The molecule has 0 spiro atoms. The van der Waals surface area contributed by atoms with Crippen LogP contribution in [0, 0.1) is 6.92 Å². The summed E-state index contributed by atoms with van der Waals surface area (Å²) in [6.07, 6.45) is 0. The predicted octanol–water partition coefficient (Wildman–Crippen LogP) is 2.98. The number of nitrogens with zero attached hydrogens (tertiary/aromatic N) is 2. The van der Waals surface area contributed by atoms with E-state index in [1.54, 1.807) is 29.9 Å². The number of ether oxygens (including phenoxy) is 1. The summed E-state index contributed by atoms with van der Waals surface area (Å²) in [6, 6.07) is 14.7. The van der Waals surface area contributed by atoms with Crippen LogP contribution in [-0.2, 0) is 11.8 Å². The van der Waals surface area contributed by atoms with Crippen LogP contribution in [0.1, 0.15) is 15.9 Å². The number of anilines is 2. The Morgan fingerprint density at radius 1 is 1.22 bits per heavy atom. The first-order valence-corrected chi connectivity index (χ1v) is 8.49. The van der Waals surface area contributed by atoms with Crippen molar-refractivity contribution >= 4 is 23.3 Å². The third-order valence-corrected chi connectivity index (χ3v) is 4.42. The fourth-order valence-electron chi connectivity index (χ4n) is 2.99. The second-order valence-corrected chi connectivity index (χ2v) is 6.36. The van der Waals surface area contributed by atoms with Crippen molar-refractivity contribution < 1.29 is 14.3 Å². The van der Waals surface area contributed by atoms with Crippen molar-refractivity contribution in [3.63, 3.8) is 0 Å². The lowest BCUT2D eigenvalue weighted by Gasteiger charge is -2.18. The average molecular weight is 362 g/mol. The van der Waals surface area contributed by atoms with Gasteiger partial charge in [-0.15, -0.1) is 0 Å². The summed E-state index contributed by atoms with van der Waals surface area (Å²) in [6.45, 7) is 2.00. The molecule has 0 bridgehead atoms. The Bertz CT molecular complexity index is 1060. The zero-order chi connectivity index (χ0) is 19.0. The molecule has 0 radical (unpaired) electrons. The Labute approximate surface area is 156 Å². The number of rotatable bonds is 3. The third kappa shape index (κ3) is 3.27. The first-order chi connectivity index (χ1) is 13.0. The molecule has 136 valence electrons. The fourth-order valence-corrected chi connectivity index (χ4v) is 2.99. The van der Waals surface area contributed by atoms with E-state index in [-0.39, 0.29) is 18.4 Å². The van der Waals surface area contributed by atoms with Gasteiger partial charge in [0.1, 0.15) is 11.6 Å². The van der Waals surface area contributed by atoms with Gasteiger partial charge in [-0.2, -0.15) is 5.10 Å². The number of hydrogen-bond donors (Lipinski definition) is 2. The topological polar surface area (TPSA) is 85.3 Å². The van der Waals surface area contributed by atoms with Gasteiger partial charge in [0.15, 0.2) is 6.61 Å². The highest BCUT2D eigenvalue weighted by Crippen LogP contribution is 2.29. The van der Waals surface area contributed by atoms with Gasteiger partial charge in [-0.05, 0) is 30.7 Å². The van der Waals surface area contributed by atoms with Crippen molar-refractivity contribution in [2.75, 3.05) is 17.2 Å². The van der Waals surface area contributed by atoms with Crippen LogP contribution in [0.3, 0.4) is 0 Å². The molecule has 3 aromatic rings. The molecule has 2 amide bonds. The van der Waals surface area contributed by atoms with Crippen LogP contribution in [0.2, 0.25) is 0 Å². The lowest BCUT2D eigenvalue weighted by Crippen LogP contribution is -2.25. The standard InChI is InChI=1S/C20H18N4O3/c1-12-5-3-4-6-14(12)15-10-18(24(2)23-15)22-20(26)13-7-8-17-16(9-13)21-19(25)11-27-17/h3-10H,11H2,1-2H3,(H,21,25)(H,22,26). The summed E-state index contributed by atoms with van der Waals surface area (Å²) in [5, 5.41) is 10.1. The smallest absolute Gasteiger partial charge is 0.262 e. The number of hydrogen-bond acceptors (Lipinski definition) is 4. The summed E-state index contributed by atoms with van der Waals surface area (Å²) in [5.74, 6) is 0.594. The highest BCUT2D eigenvalue weighted by atomic mass is 16.5. The number of amides is 2. The molecule has 1 aromatic heterocycles. The Hall–Kier alpha value is -3.61. The molecule has 0 fully saturated rings. The minimum Gasteiger partial charge on any atom is -0.482 e. The van der Waals surface area contributed by atoms with E-state index in [0.717, 1.165) is 16.8 Å². The first kappa shape index (κ1) is 16.8. The van der Waals surface area contributed by atoms with Crippen molar-refractivity contribution in [3.8, 4) is 17.0 Å². The molecule has 0 atom stereocenters. The Balaban J connectivity index is 1.58. The Kier molecular flexibility index (Phi) is 4.12. The van der Waals surface area contributed by atoms with Crippen molar-refractivity contribution in [2.45, 2.75) is 6.92 Å². The van der Waals surface area contributed by atoms with E-state index in [1.165, 1.54) is 0 Å². The maximum atomic E-state index is 12.6. The van der Waals surface area contributed by atoms with E-state index in [2.05, 4.69) is 15.7 Å². The molecule has 0 aliphatic carbocycles. The second-order valence-electron chi connectivity index (χ2n) is 6.36. The van der Waals surface area contributed by atoms with Gasteiger partial charge in [-0.25, -0.2) is 0 Å². The third-order valence-electron chi connectivity index (χ3n) is 4.42. The normalized spacial score (nSPS) is 12.7. The van der Waals surface area contributed by atoms with Crippen LogP contribution in [-0.4, -0.2) is 28.2 Å². The van der Waals surface area contributed by atoms with E-state index < -0.39 is 0 Å². The monoisotopic (exact) mass is 362 g/mol. The van der Waals surface area contributed by atoms with Gasteiger partial charge in [0, 0.05) is 24.2 Å². The van der Waals surface area contributed by atoms with Gasteiger partial charge in [-0.3, -0.25) is 14.3 Å². The summed E-state index contributed by atoms with van der Waals surface area (Å²) >= 11 is 0. The molecule has 4 rings (SSSR count). The minimum atomic E-state index is -0.294. The van der Waals surface area contributed by atoms with E-state index in [4.69, 9.17) is 4.74 Å². The molecule has 2 aromatic carbocycles. The van der Waals surface area contributed by atoms with Crippen molar-refractivity contribution in [1.82, 2.24) is 9.78 Å². The molecule has 27 heavy (non-hydrogen) atoms. The molecule has 0 unspecified atom stereocenters.